The predicted molar refractivity (Wildman–Crippen MR) is 107 cm³/mol. The molecular weight excluding hydrogens is 355 g/mol. The molecule has 6 nitrogen and oxygen atoms in total. The Morgan fingerprint density at radius 1 is 1.07 bits per heavy atom. The summed E-state index contributed by atoms with van der Waals surface area (Å²) in [4.78, 5) is 15.7. The predicted octanol–water partition coefficient (Wildman–Crippen LogP) is 3.12. The van der Waals surface area contributed by atoms with E-state index in [0.717, 1.165) is 40.4 Å². The first-order valence-corrected chi connectivity index (χ1v) is 8.99. The monoisotopic (exact) mass is 376 g/mol. The SMILES string of the molecule is CN(C)Cc1ccn2c(-c3ccnc(CN)n3)c(-c3ccc(F)cc3)nc2c1. The molecule has 7 heteroatoms. The molecule has 0 bridgehead atoms. The molecule has 142 valence electrons. The largest absolute Gasteiger partial charge is 0.324 e. The van der Waals surface area contributed by atoms with E-state index in [2.05, 4.69) is 27.0 Å². The second-order valence-electron chi connectivity index (χ2n) is 6.88. The fourth-order valence-corrected chi connectivity index (χ4v) is 3.23. The Balaban J connectivity index is 1.95. The van der Waals surface area contributed by atoms with E-state index in [0.29, 0.717) is 5.82 Å². The van der Waals surface area contributed by atoms with Crippen molar-refractivity contribution in [3.8, 4) is 22.6 Å². The maximum atomic E-state index is 13.4. The van der Waals surface area contributed by atoms with Crippen molar-refractivity contribution >= 4 is 5.65 Å². The molecule has 0 aliphatic carbocycles. The average Bonchev–Trinajstić information content (AvgIpc) is 3.06. The summed E-state index contributed by atoms with van der Waals surface area (Å²) in [6, 6.07) is 12.3. The van der Waals surface area contributed by atoms with Gasteiger partial charge in [0.15, 0.2) is 0 Å². The van der Waals surface area contributed by atoms with Gasteiger partial charge in [0.05, 0.1) is 23.6 Å². The quantitative estimate of drug-likeness (QED) is 0.579. The smallest absolute Gasteiger partial charge is 0.142 e. The van der Waals surface area contributed by atoms with Crippen LogP contribution in [0.4, 0.5) is 4.39 Å². The van der Waals surface area contributed by atoms with Crippen LogP contribution < -0.4 is 5.73 Å². The van der Waals surface area contributed by atoms with E-state index in [1.807, 2.05) is 30.8 Å². The van der Waals surface area contributed by atoms with Crippen molar-refractivity contribution in [3.63, 3.8) is 0 Å². The highest BCUT2D eigenvalue weighted by Crippen LogP contribution is 2.32. The summed E-state index contributed by atoms with van der Waals surface area (Å²) in [5, 5.41) is 0. The van der Waals surface area contributed by atoms with Gasteiger partial charge in [-0.05, 0) is 62.1 Å². The van der Waals surface area contributed by atoms with Gasteiger partial charge in [-0.25, -0.2) is 19.3 Å². The number of pyridine rings is 1. The van der Waals surface area contributed by atoms with Gasteiger partial charge >= 0.3 is 0 Å². The summed E-state index contributed by atoms with van der Waals surface area (Å²) in [7, 11) is 4.06. The molecule has 0 saturated heterocycles. The Bertz CT molecular complexity index is 1120. The first kappa shape index (κ1) is 18.2. The molecule has 0 fully saturated rings. The van der Waals surface area contributed by atoms with Gasteiger partial charge in [-0.1, -0.05) is 0 Å². The van der Waals surface area contributed by atoms with Gasteiger partial charge in [0.1, 0.15) is 17.3 Å². The third-order valence-corrected chi connectivity index (χ3v) is 4.44. The van der Waals surface area contributed by atoms with E-state index in [9.17, 15) is 4.39 Å². The molecule has 3 heterocycles. The van der Waals surface area contributed by atoms with E-state index in [-0.39, 0.29) is 12.4 Å². The lowest BCUT2D eigenvalue weighted by atomic mass is 10.1. The molecule has 0 radical (unpaired) electrons. The standard InChI is InChI=1S/C21H21FN6/c1-27(2)13-14-8-10-28-19(11-14)26-20(15-3-5-16(22)6-4-15)21(28)17-7-9-24-18(12-23)25-17/h3-11H,12-13,23H2,1-2H3. The van der Waals surface area contributed by atoms with E-state index in [1.54, 1.807) is 18.3 Å². The molecule has 0 saturated carbocycles. The van der Waals surface area contributed by atoms with Crippen LogP contribution in [0.15, 0.2) is 54.9 Å². The number of halogens is 1. The summed E-state index contributed by atoms with van der Waals surface area (Å²) in [6.45, 7) is 1.07. The Morgan fingerprint density at radius 3 is 2.57 bits per heavy atom. The van der Waals surface area contributed by atoms with Crippen LogP contribution >= 0.6 is 0 Å². The van der Waals surface area contributed by atoms with Crippen LogP contribution in [-0.4, -0.2) is 38.3 Å². The van der Waals surface area contributed by atoms with Crippen molar-refractivity contribution in [1.82, 2.24) is 24.3 Å². The summed E-state index contributed by atoms with van der Waals surface area (Å²) in [5.74, 6) is 0.275. The van der Waals surface area contributed by atoms with E-state index < -0.39 is 0 Å². The van der Waals surface area contributed by atoms with Crippen LogP contribution in [0.1, 0.15) is 11.4 Å². The lowest BCUT2D eigenvalue weighted by Crippen LogP contribution is -2.10. The lowest BCUT2D eigenvalue weighted by molar-refractivity contribution is 0.402. The number of hydrogen-bond donors (Lipinski definition) is 1. The molecule has 0 spiro atoms. The molecule has 1 aromatic carbocycles. The Hall–Kier alpha value is -3.16. The number of aromatic nitrogens is 4. The van der Waals surface area contributed by atoms with E-state index in [1.165, 1.54) is 12.1 Å². The minimum Gasteiger partial charge on any atom is -0.324 e. The lowest BCUT2D eigenvalue weighted by Gasteiger charge is -2.10. The molecule has 3 aromatic heterocycles. The molecule has 0 aliphatic heterocycles. The first-order valence-electron chi connectivity index (χ1n) is 8.99. The molecule has 0 aliphatic rings. The van der Waals surface area contributed by atoms with Gasteiger partial charge in [0.25, 0.3) is 0 Å². The van der Waals surface area contributed by atoms with Crippen LogP contribution in [0.25, 0.3) is 28.3 Å². The number of rotatable bonds is 5. The number of fused-ring (bicyclic) bond motifs is 1. The van der Waals surface area contributed by atoms with Gasteiger partial charge in [-0.15, -0.1) is 0 Å². The Kier molecular flexibility index (Phi) is 4.85. The highest BCUT2D eigenvalue weighted by atomic mass is 19.1. The van der Waals surface area contributed by atoms with Crippen molar-refractivity contribution in [2.45, 2.75) is 13.1 Å². The normalized spacial score (nSPS) is 11.5. The Morgan fingerprint density at radius 2 is 1.86 bits per heavy atom. The van der Waals surface area contributed by atoms with Crippen molar-refractivity contribution < 1.29 is 4.39 Å². The van der Waals surface area contributed by atoms with Crippen molar-refractivity contribution in [2.75, 3.05) is 14.1 Å². The maximum absolute atomic E-state index is 13.4. The van der Waals surface area contributed by atoms with Gasteiger partial charge in [-0.2, -0.15) is 0 Å². The van der Waals surface area contributed by atoms with Gasteiger partial charge < -0.3 is 10.6 Å². The number of nitrogens with zero attached hydrogens (tertiary/aromatic N) is 5. The number of imidazole rings is 1. The molecule has 0 atom stereocenters. The fraction of sp³-hybridized carbons (Fsp3) is 0.190. The zero-order chi connectivity index (χ0) is 19.7. The third kappa shape index (κ3) is 3.49. The van der Waals surface area contributed by atoms with E-state index >= 15 is 0 Å². The second-order valence-corrected chi connectivity index (χ2v) is 6.88. The highest BCUT2D eigenvalue weighted by molar-refractivity contribution is 5.80. The average molecular weight is 376 g/mol. The fourth-order valence-electron chi connectivity index (χ4n) is 3.23. The van der Waals surface area contributed by atoms with Crippen molar-refractivity contribution in [3.05, 3.63) is 72.1 Å². The van der Waals surface area contributed by atoms with Crippen molar-refractivity contribution in [1.29, 1.82) is 0 Å². The number of hydrogen-bond acceptors (Lipinski definition) is 5. The van der Waals surface area contributed by atoms with Crippen LogP contribution in [0, 0.1) is 5.82 Å². The molecule has 4 aromatic rings. The van der Waals surface area contributed by atoms with Crippen molar-refractivity contribution in [2.24, 2.45) is 5.73 Å². The molecule has 28 heavy (non-hydrogen) atoms. The topological polar surface area (TPSA) is 72.3 Å². The van der Waals surface area contributed by atoms with Crippen LogP contribution in [0.5, 0.6) is 0 Å². The summed E-state index contributed by atoms with van der Waals surface area (Å²) in [6.07, 6.45) is 3.69. The number of nitrogens with two attached hydrogens (primary N) is 1. The molecule has 2 N–H and O–H groups in total. The minimum absolute atomic E-state index is 0.253. The van der Waals surface area contributed by atoms with Crippen LogP contribution in [-0.2, 0) is 13.1 Å². The second kappa shape index (κ2) is 7.46. The maximum Gasteiger partial charge on any atom is 0.142 e. The summed E-state index contributed by atoms with van der Waals surface area (Å²) < 4.78 is 15.4. The Labute approximate surface area is 162 Å². The molecule has 0 unspecified atom stereocenters. The minimum atomic E-state index is -0.283. The van der Waals surface area contributed by atoms with Gasteiger partial charge in [0, 0.05) is 24.5 Å². The van der Waals surface area contributed by atoms with Crippen LogP contribution in [0.2, 0.25) is 0 Å². The first-order chi connectivity index (χ1) is 13.5. The molecule has 0 amide bonds. The van der Waals surface area contributed by atoms with Gasteiger partial charge in [-0.3, -0.25) is 4.40 Å². The summed E-state index contributed by atoms with van der Waals surface area (Å²) >= 11 is 0. The zero-order valence-electron chi connectivity index (χ0n) is 15.8. The number of benzene rings is 1. The highest BCUT2D eigenvalue weighted by Gasteiger charge is 2.18. The third-order valence-electron chi connectivity index (χ3n) is 4.44. The van der Waals surface area contributed by atoms with Gasteiger partial charge in [0.2, 0.25) is 0 Å². The zero-order valence-corrected chi connectivity index (χ0v) is 15.8. The molecular formula is C21H21FN6. The van der Waals surface area contributed by atoms with Crippen LogP contribution in [0.3, 0.4) is 0 Å². The summed E-state index contributed by atoms with van der Waals surface area (Å²) in [5.41, 5.74) is 10.8. The van der Waals surface area contributed by atoms with E-state index in [4.69, 9.17) is 10.7 Å². The molecule has 4 rings (SSSR count).